The first-order valence-electron chi connectivity index (χ1n) is 6.02. The fraction of sp³-hybridized carbons (Fsp3) is 0.188. The maximum atomic E-state index is 12.0. The van der Waals surface area contributed by atoms with Gasteiger partial charge in [-0.3, -0.25) is 4.79 Å². The standard InChI is InChI=1S/C16H16O2/c1-13(16(17)15-10-6-3-7-11-15)18-12-14-8-4-2-5-9-14/h2-11,13H,12H2,1H3/t13-/m1/s1. The molecule has 0 saturated carbocycles. The van der Waals surface area contributed by atoms with Crippen LogP contribution < -0.4 is 0 Å². The second-order valence-electron chi connectivity index (χ2n) is 4.17. The fourth-order valence-corrected chi connectivity index (χ4v) is 1.71. The number of carbonyl (C=O) groups excluding carboxylic acids is 1. The van der Waals surface area contributed by atoms with Crippen LogP contribution in [0.3, 0.4) is 0 Å². The first kappa shape index (κ1) is 12.5. The molecule has 2 nitrogen and oxygen atoms in total. The molecule has 18 heavy (non-hydrogen) atoms. The number of ether oxygens (including phenoxy) is 1. The zero-order chi connectivity index (χ0) is 12.8. The average molecular weight is 240 g/mol. The van der Waals surface area contributed by atoms with Crippen LogP contribution in [0.1, 0.15) is 22.8 Å². The van der Waals surface area contributed by atoms with Gasteiger partial charge in [-0.25, -0.2) is 0 Å². The molecule has 0 radical (unpaired) electrons. The maximum absolute atomic E-state index is 12.0. The maximum Gasteiger partial charge on any atom is 0.191 e. The molecule has 1 atom stereocenters. The summed E-state index contributed by atoms with van der Waals surface area (Å²) in [6.07, 6.45) is -0.424. The van der Waals surface area contributed by atoms with E-state index in [1.54, 1.807) is 6.92 Å². The average Bonchev–Trinajstić information content (AvgIpc) is 2.46. The second kappa shape index (κ2) is 6.12. The van der Waals surface area contributed by atoms with Crippen LogP contribution in [-0.2, 0) is 11.3 Å². The van der Waals surface area contributed by atoms with Gasteiger partial charge in [0, 0.05) is 5.56 Å². The highest BCUT2D eigenvalue weighted by Crippen LogP contribution is 2.09. The van der Waals surface area contributed by atoms with Crippen LogP contribution in [0.25, 0.3) is 0 Å². The Morgan fingerprint density at radius 2 is 1.56 bits per heavy atom. The number of ketones is 1. The van der Waals surface area contributed by atoms with Crippen molar-refractivity contribution in [2.45, 2.75) is 19.6 Å². The van der Waals surface area contributed by atoms with Crippen molar-refractivity contribution in [1.29, 1.82) is 0 Å². The number of hydrogen-bond donors (Lipinski definition) is 0. The Kier molecular flexibility index (Phi) is 4.26. The number of rotatable bonds is 5. The summed E-state index contributed by atoms with van der Waals surface area (Å²) in [6, 6.07) is 19.1. The SMILES string of the molecule is C[C@@H](OCc1ccccc1)C(=O)c1ccccc1. The topological polar surface area (TPSA) is 26.3 Å². The van der Waals surface area contributed by atoms with E-state index in [1.807, 2.05) is 60.7 Å². The number of benzene rings is 2. The summed E-state index contributed by atoms with van der Waals surface area (Å²) in [4.78, 5) is 12.0. The van der Waals surface area contributed by atoms with Crippen molar-refractivity contribution in [2.75, 3.05) is 0 Å². The molecule has 0 spiro atoms. The molecule has 2 heteroatoms. The van der Waals surface area contributed by atoms with Gasteiger partial charge in [-0.05, 0) is 12.5 Å². The molecule has 92 valence electrons. The molecule has 0 amide bonds. The van der Waals surface area contributed by atoms with Gasteiger partial charge in [0.25, 0.3) is 0 Å². The summed E-state index contributed by atoms with van der Waals surface area (Å²) in [5.41, 5.74) is 1.77. The van der Waals surface area contributed by atoms with E-state index in [0.717, 1.165) is 5.56 Å². The number of hydrogen-bond acceptors (Lipinski definition) is 2. The molecule has 0 bridgehead atoms. The van der Waals surface area contributed by atoms with Crippen LogP contribution in [0.5, 0.6) is 0 Å². The van der Waals surface area contributed by atoms with E-state index in [-0.39, 0.29) is 5.78 Å². The highest BCUT2D eigenvalue weighted by Gasteiger charge is 2.15. The quantitative estimate of drug-likeness (QED) is 0.748. The van der Waals surface area contributed by atoms with E-state index in [4.69, 9.17) is 4.74 Å². The minimum atomic E-state index is -0.424. The Hall–Kier alpha value is -1.93. The summed E-state index contributed by atoms with van der Waals surface area (Å²) >= 11 is 0. The lowest BCUT2D eigenvalue weighted by Crippen LogP contribution is -2.20. The molecule has 0 heterocycles. The highest BCUT2D eigenvalue weighted by molar-refractivity contribution is 5.99. The lowest BCUT2D eigenvalue weighted by atomic mass is 10.1. The normalized spacial score (nSPS) is 12.1. The van der Waals surface area contributed by atoms with Crippen LogP contribution >= 0.6 is 0 Å². The van der Waals surface area contributed by atoms with Gasteiger partial charge in [0.1, 0.15) is 6.10 Å². The monoisotopic (exact) mass is 240 g/mol. The Morgan fingerprint density at radius 3 is 2.17 bits per heavy atom. The van der Waals surface area contributed by atoms with Crippen molar-refractivity contribution in [3.05, 3.63) is 71.8 Å². The van der Waals surface area contributed by atoms with E-state index in [2.05, 4.69) is 0 Å². The van der Waals surface area contributed by atoms with Gasteiger partial charge in [-0.2, -0.15) is 0 Å². The van der Waals surface area contributed by atoms with Crippen LogP contribution in [0.2, 0.25) is 0 Å². The number of Topliss-reactive ketones (excluding diaryl/α,β-unsaturated/α-hetero) is 1. The summed E-state index contributed by atoms with van der Waals surface area (Å²) in [7, 11) is 0. The van der Waals surface area contributed by atoms with Gasteiger partial charge in [-0.15, -0.1) is 0 Å². The Morgan fingerprint density at radius 1 is 1.00 bits per heavy atom. The third-order valence-electron chi connectivity index (χ3n) is 2.77. The van der Waals surface area contributed by atoms with Gasteiger partial charge < -0.3 is 4.74 Å². The van der Waals surface area contributed by atoms with Crippen LogP contribution in [0.4, 0.5) is 0 Å². The van der Waals surface area contributed by atoms with Crippen molar-refractivity contribution in [1.82, 2.24) is 0 Å². The van der Waals surface area contributed by atoms with E-state index < -0.39 is 6.10 Å². The Balaban J connectivity index is 1.93. The minimum Gasteiger partial charge on any atom is -0.366 e. The van der Waals surface area contributed by atoms with Gasteiger partial charge in [0.15, 0.2) is 5.78 Å². The zero-order valence-electron chi connectivity index (χ0n) is 10.4. The largest absolute Gasteiger partial charge is 0.366 e. The zero-order valence-corrected chi connectivity index (χ0v) is 10.4. The molecular formula is C16H16O2. The summed E-state index contributed by atoms with van der Waals surface area (Å²) < 4.78 is 5.59. The van der Waals surface area contributed by atoms with E-state index in [0.29, 0.717) is 12.2 Å². The Bertz CT molecular complexity index is 491. The van der Waals surface area contributed by atoms with Crippen molar-refractivity contribution in [2.24, 2.45) is 0 Å². The smallest absolute Gasteiger partial charge is 0.191 e. The first-order chi connectivity index (χ1) is 8.77. The third-order valence-corrected chi connectivity index (χ3v) is 2.77. The predicted octanol–water partition coefficient (Wildman–Crippen LogP) is 3.47. The van der Waals surface area contributed by atoms with Crippen molar-refractivity contribution >= 4 is 5.78 Å². The fourth-order valence-electron chi connectivity index (χ4n) is 1.71. The van der Waals surface area contributed by atoms with Crippen molar-refractivity contribution in [3.8, 4) is 0 Å². The lowest BCUT2D eigenvalue weighted by molar-refractivity contribution is 0.0412. The third kappa shape index (κ3) is 3.28. The van der Waals surface area contributed by atoms with Crippen molar-refractivity contribution in [3.63, 3.8) is 0 Å². The van der Waals surface area contributed by atoms with Gasteiger partial charge >= 0.3 is 0 Å². The molecular weight excluding hydrogens is 224 g/mol. The molecule has 0 aliphatic carbocycles. The van der Waals surface area contributed by atoms with Crippen LogP contribution in [0, 0.1) is 0 Å². The molecule has 2 rings (SSSR count). The summed E-state index contributed by atoms with van der Waals surface area (Å²) in [6.45, 7) is 2.25. The molecule has 0 unspecified atom stereocenters. The summed E-state index contributed by atoms with van der Waals surface area (Å²) in [5.74, 6) is 0.0199. The Labute approximate surface area is 107 Å². The van der Waals surface area contributed by atoms with Gasteiger partial charge in [-0.1, -0.05) is 60.7 Å². The molecule has 0 saturated heterocycles. The first-order valence-corrected chi connectivity index (χ1v) is 6.02. The molecule has 0 fully saturated rings. The van der Waals surface area contributed by atoms with E-state index in [1.165, 1.54) is 0 Å². The molecule has 2 aromatic rings. The van der Waals surface area contributed by atoms with Gasteiger partial charge in [0.2, 0.25) is 0 Å². The van der Waals surface area contributed by atoms with Crippen molar-refractivity contribution < 1.29 is 9.53 Å². The molecule has 0 aliphatic rings. The lowest BCUT2D eigenvalue weighted by Gasteiger charge is -2.12. The molecule has 0 aliphatic heterocycles. The molecule has 0 N–H and O–H groups in total. The molecule has 2 aromatic carbocycles. The predicted molar refractivity (Wildman–Crippen MR) is 71.5 cm³/mol. The molecule has 0 aromatic heterocycles. The highest BCUT2D eigenvalue weighted by atomic mass is 16.5. The van der Waals surface area contributed by atoms with Crippen LogP contribution in [0.15, 0.2) is 60.7 Å². The van der Waals surface area contributed by atoms with E-state index in [9.17, 15) is 4.79 Å². The van der Waals surface area contributed by atoms with Gasteiger partial charge in [0.05, 0.1) is 6.61 Å². The second-order valence-corrected chi connectivity index (χ2v) is 4.17. The van der Waals surface area contributed by atoms with Crippen LogP contribution in [-0.4, -0.2) is 11.9 Å². The minimum absolute atomic E-state index is 0.0199. The summed E-state index contributed by atoms with van der Waals surface area (Å²) in [5, 5.41) is 0. The number of carbonyl (C=O) groups is 1. The van der Waals surface area contributed by atoms with E-state index >= 15 is 0 Å².